The topological polar surface area (TPSA) is 104 Å². The van der Waals surface area contributed by atoms with E-state index in [-0.39, 0.29) is 18.2 Å². The van der Waals surface area contributed by atoms with Gasteiger partial charge in [0, 0.05) is 48.2 Å². The van der Waals surface area contributed by atoms with Crippen LogP contribution < -0.4 is 0 Å². The molecule has 192 valence electrons. The summed E-state index contributed by atoms with van der Waals surface area (Å²) < 4.78 is 1.84. The summed E-state index contributed by atoms with van der Waals surface area (Å²) >= 11 is 0. The fourth-order valence-corrected chi connectivity index (χ4v) is 5.71. The Morgan fingerprint density at radius 1 is 1.08 bits per heavy atom. The van der Waals surface area contributed by atoms with Crippen molar-refractivity contribution >= 4 is 33.8 Å². The van der Waals surface area contributed by atoms with Gasteiger partial charge in [-0.05, 0) is 78.4 Å². The second kappa shape index (κ2) is 9.45. The maximum Gasteiger partial charge on any atom is 0.304 e. The molecule has 38 heavy (non-hydrogen) atoms. The van der Waals surface area contributed by atoms with Crippen LogP contribution in [0.25, 0.3) is 21.9 Å². The second-order valence-corrected chi connectivity index (χ2v) is 9.99. The molecule has 0 bridgehead atoms. The molecule has 3 aromatic carbocycles. The predicted octanol–water partition coefficient (Wildman–Crippen LogP) is 5.05. The number of nitrogens with zero attached hydrogens (tertiary/aromatic N) is 4. The molecule has 3 heterocycles. The van der Waals surface area contributed by atoms with E-state index in [0.717, 1.165) is 50.6 Å². The van der Waals surface area contributed by atoms with Gasteiger partial charge in [-0.3, -0.25) is 9.59 Å². The number of aryl methyl sites for hydroxylation is 2. The number of nitrogens with one attached hydrogen (secondary N) is 1. The third-order valence-corrected chi connectivity index (χ3v) is 7.77. The molecule has 0 saturated heterocycles. The van der Waals surface area contributed by atoms with Crippen LogP contribution in [-0.2, 0) is 24.3 Å². The van der Waals surface area contributed by atoms with Gasteiger partial charge in [-0.25, -0.2) is 4.68 Å². The minimum absolute atomic E-state index is 0.00606. The molecule has 1 aliphatic heterocycles. The molecule has 0 spiro atoms. The molecular formula is C30H29N5O3. The lowest BCUT2D eigenvalue weighted by atomic mass is 9.83. The number of benzene rings is 3. The fraction of sp³-hybridized carbons (Fsp3) is 0.267. The zero-order valence-electron chi connectivity index (χ0n) is 21.4. The number of aromatic nitrogens is 4. The van der Waals surface area contributed by atoms with Gasteiger partial charge in [0.2, 0.25) is 0 Å². The predicted molar refractivity (Wildman–Crippen MR) is 145 cm³/mol. The summed E-state index contributed by atoms with van der Waals surface area (Å²) in [7, 11) is 0. The van der Waals surface area contributed by atoms with Crippen molar-refractivity contribution in [1.82, 2.24) is 24.9 Å². The van der Waals surface area contributed by atoms with Crippen LogP contribution in [0.15, 0.2) is 60.8 Å². The summed E-state index contributed by atoms with van der Waals surface area (Å²) in [5.41, 5.74) is 8.50. The first kappa shape index (κ1) is 23.9. The van der Waals surface area contributed by atoms with E-state index >= 15 is 0 Å². The van der Waals surface area contributed by atoms with Crippen LogP contribution in [0.5, 0.6) is 0 Å². The summed E-state index contributed by atoms with van der Waals surface area (Å²) in [5, 5.41) is 19.4. The molecule has 0 aliphatic carbocycles. The van der Waals surface area contributed by atoms with Crippen molar-refractivity contribution in [2.75, 3.05) is 6.54 Å². The normalized spacial score (nSPS) is 14.1. The van der Waals surface area contributed by atoms with Crippen LogP contribution in [-0.4, -0.2) is 48.4 Å². The van der Waals surface area contributed by atoms with E-state index in [2.05, 4.69) is 27.4 Å². The summed E-state index contributed by atoms with van der Waals surface area (Å²) in [6.45, 7) is 5.87. The van der Waals surface area contributed by atoms with E-state index < -0.39 is 5.97 Å². The van der Waals surface area contributed by atoms with Crippen LogP contribution in [0.1, 0.15) is 57.4 Å². The van der Waals surface area contributed by atoms with Gasteiger partial charge in [0.1, 0.15) is 5.52 Å². The lowest BCUT2D eigenvalue weighted by Crippen LogP contribution is -2.36. The first-order valence-electron chi connectivity index (χ1n) is 13.0. The van der Waals surface area contributed by atoms with E-state index in [0.29, 0.717) is 25.2 Å². The molecular weight excluding hydrogens is 478 g/mol. The number of aliphatic carboxylic acids is 1. The average Bonchev–Trinajstić information content (AvgIpc) is 3.58. The monoisotopic (exact) mass is 507 g/mol. The Labute approximate surface area is 219 Å². The molecule has 2 aromatic heterocycles. The van der Waals surface area contributed by atoms with Crippen LogP contribution in [0, 0.1) is 6.92 Å². The Hall–Kier alpha value is -4.46. The number of carbonyl (C=O) groups excluding carboxylic acids is 1. The Bertz CT molecular complexity index is 1700. The highest BCUT2D eigenvalue weighted by Crippen LogP contribution is 2.35. The van der Waals surface area contributed by atoms with Crippen LogP contribution >= 0.6 is 0 Å². The minimum atomic E-state index is -0.860. The lowest BCUT2D eigenvalue weighted by molar-refractivity contribution is -0.137. The third-order valence-electron chi connectivity index (χ3n) is 7.77. The first-order valence-corrected chi connectivity index (χ1v) is 13.0. The Morgan fingerprint density at radius 2 is 1.95 bits per heavy atom. The number of carbonyl (C=O) groups is 2. The van der Waals surface area contributed by atoms with E-state index in [4.69, 9.17) is 0 Å². The van der Waals surface area contributed by atoms with Gasteiger partial charge < -0.3 is 15.0 Å². The number of hydrogen-bond acceptors (Lipinski definition) is 4. The van der Waals surface area contributed by atoms with E-state index in [1.165, 1.54) is 5.56 Å². The fourth-order valence-electron chi connectivity index (χ4n) is 5.71. The molecule has 1 amide bonds. The van der Waals surface area contributed by atoms with Crippen LogP contribution in [0.3, 0.4) is 0 Å². The number of carboxylic acids is 1. The van der Waals surface area contributed by atoms with Gasteiger partial charge in [0.15, 0.2) is 0 Å². The standard InChI is InChI=1S/C30H29N5O3/c1-3-35-27-9-7-24(18(2)29(27)32-33-35)25(16-28(36)37)20-5-4-19-11-13-34(17-23(19)14-20)30(38)22-6-8-26-21(15-22)10-12-31-26/h4-10,12,14-15,25,31H,3,11,13,16-17H2,1-2H3,(H,36,37). The Balaban J connectivity index is 1.33. The van der Waals surface area contributed by atoms with E-state index in [9.17, 15) is 14.7 Å². The number of carboxylic acid groups (broad SMARTS) is 1. The van der Waals surface area contributed by atoms with Crippen molar-refractivity contribution in [3.8, 4) is 0 Å². The zero-order chi connectivity index (χ0) is 26.4. The summed E-state index contributed by atoms with van der Waals surface area (Å²) in [4.78, 5) is 30.4. The molecule has 0 fully saturated rings. The SMILES string of the molecule is CCn1nnc2c(C)c(C(CC(=O)O)c3ccc4c(c3)CN(C(=O)c3ccc5[nH]ccc5c3)CC4)ccc21. The van der Waals surface area contributed by atoms with Crippen LogP contribution in [0.4, 0.5) is 0 Å². The molecule has 1 aliphatic rings. The Morgan fingerprint density at radius 3 is 2.76 bits per heavy atom. The van der Waals surface area contributed by atoms with Crippen molar-refractivity contribution in [2.24, 2.45) is 0 Å². The molecule has 1 atom stereocenters. The molecule has 1 unspecified atom stereocenters. The van der Waals surface area contributed by atoms with Gasteiger partial charge in [0.05, 0.1) is 11.9 Å². The van der Waals surface area contributed by atoms with Gasteiger partial charge in [-0.2, -0.15) is 0 Å². The third kappa shape index (κ3) is 4.12. The second-order valence-electron chi connectivity index (χ2n) is 9.99. The summed E-state index contributed by atoms with van der Waals surface area (Å²) in [5.74, 6) is -1.19. The van der Waals surface area contributed by atoms with Crippen LogP contribution in [0.2, 0.25) is 0 Å². The maximum absolute atomic E-state index is 13.4. The van der Waals surface area contributed by atoms with Gasteiger partial charge in [-0.15, -0.1) is 5.10 Å². The number of rotatable bonds is 6. The first-order chi connectivity index (χ1) is 18.4. The molecule has 5 aromatic rings. The largest absolute Gasteiger partial charge is 0.481 e. The van der Waals surface area contributed by atoms with Crippen molar-refractivity contribution < 1.29 is 14.7 Å². The maximum atomic E-state index is 13.4. The average molecular weight is 508 g/mol. The number of aromatic amines is 1. The highest BCUT2D eigenvalue weighted by atomic mass is 16.4. The molecule has 0 saturated carbocycles. The van der Waals surface area contributed by atoms with Crippen molar-refractivity contribution in [1.29, 1.82) is 0 Å². The van der Waals surface area contributed by atoms with E-state index in [1.807, 2.05) is 72.1 Å². The highest BCUT2D eigenvalue weighted by molar-refractivity contribution is 5.98. The molecule has 8 heteroatoms. The number of hydrogen-bond donors (Lipinski definition) is 2. The lowest BCUT2D eigenvalue weighted by Gasteiger charge is -2.30. The Kier molecular flexibility index (Phi) is 5.94. The summed E-state index contributed by atoms with van der Waals surface area (Å²) in [6.07, 6.45) is 2.60. The quantitative estimate of drug-likeness (QED) is 0.335. The highest BCUT2D eigenvalue weighted by Gasteiger charge is 2.26. The van der Waals surface area contributed by atoms with Gasteiger partial charge in [-0.1, -0.05) is 29.5 Å². The number of H-pyrrole nitrogens is 1. The molecule has 0 radical (unpaired) electrons. The molecule has 2 N–H and O–H groups in total. The van der Waals surface area contributed by atoms with Crippen molar-refractivity contribution in [2.45, 2.75) is 45.7 Å². The molecule has 6 rings (SSSR count). The number of fused-ring (bicyclic) bond motifs is 3. The number of amides is 1. The minimum Gasteiger partial charge on any atom is -0.481 e. The zero-order valence-corrected chi connectivity index (χ0v) is 21.4. The molecule has 8 nitrogen and oxygen atoms in total. The van der Waals surface area contributed by atoms with Gasteiger partial charge >= 0.3 is 5.97 Å². The van der Waals surface area contributed by atoms with Crippen molar-refractivity contribution in [3.05, 3.63) is 94.2 Å². The summed E-state index contributed by atoms with van der Waals surface area (Å²) in [6, 6.07) is 17.9. The smallest absolute Gasteiger partial charge is 0.304 e. The van der Waals surface area contributed by atoms with E-state index in [1.54, 1.807) is 0 Å². The van der Waals surface area contributed by atoms with Gasteiger partial charge in [0.25, 0.3) is 5.91 Å². The van der Waals surface area contributed by atoms with Crippen molar-refractivity contribution in [3.63, 3.8) is 0 Å².